The minimum absolute atomic E-state index is 0.0269. The summed E-state index contributed by atoms with van der Waals surface area (Å²) < 4.78 is 40.9. The highest BCUT2D eigenvalue weighted by molar-refractivity contribution is 5.34. The zero-order valence-electron chi connectivity index (χ0n) is 15.3. The van der Waals surface area contributed by atoms with Gasteiger partial charge < -0.3 is 0 Å². The van der Waals surface area contributed by atoms with Crippen LogP contribution < -0.4 is 0 Å². The van der Waals surface area contributed by atoms with Crippen LogP contribution in [0.5, 0.6) is 0 Å². The van der Waals surface area contributed by atoms with E-state index in [0.717, 1.165) is 23.7 Å². The molecule has 0 N–H and O–H groups in total. The minimum atomic E-state index is -4.41. The van der Waals surface area contributed by atoms with Crippen molar-refractivity contribution in [2.24, 2.45) is 0 Å². The first-order valence-corrected chi connectivity index (χ1v) is 9.35. The van der Waals surface area contributed by atoms with Gasteiger partial charge in [-0.2, -0.15) is 13.2 Å². The lowest BCUT2D eigenvalue weighted by Gasteiger charge is -2.21. The topological polar surface area (TPSA) is 16.1 Å². The van der Waals surface area contributed by atoms with Crippen LogP contribution in [0.15, 0.2) is 79.0 Å². The quantitative estimate of drug-likeness (QED) is 0.594. The largest absolute Gasteiger partial charge is 0.418 e. The molecule has 2 nitrogen and oxygen atoms in total. The zero-order chi connectivity index (χ0) is 19.6. The van der Waals surface area contributed by atoms with Crippen LogP contribution in [0.2, 0.25) is 0 Å². The number of alkyl halides is 3. The van der Waals surface area contributed by atoms with Crippen molar-refractivity contribution in [3.8, 4) is 0 Å². The first-order valence-electron chi connectivity index (χ1n) is 9.35. The maximum atomic E-state index is 13.6. The number of benzene rings is 2. The Bertz CT molecular complexity index is 910. The van der Waals surface area contributed by atoms with E-state index in [0.29, 0.717) is 13.1 Å². The molecule has 2 atom stereocenters. The predicted octanol–water partition coefficient (Wildman–Crippen LogP) is 5.48. The van der Waals surface area contributed by atoms with Gasteiger partial charge >= 0.3 is 6.18 Å². The number of hydrogen-bond donors (Lipinski definition) is 0. The van der Waals surface area contributed by atoms with E-state index in [1.165, 1.54) is 12.3 Å². The highest BCUT2D eigenvalue weighted by Gasteiger charge is 2.42. The Morgan fingerprint density at radius 3 is 2.14 bits per heavy atom. The van der Waals surface area contributed by atoms with Gasteiger partial charge in [0.1, 0.15) is 0 Å². The van der Waals surface area contributed by atoms with E-state index in [1.807, 2.05) is 60.7 Å². The summed E-state index contributed by atoms with van der Waals surface area (Å²) in [5.74, 6) is -0.329. The SMILES string of the molecule is FC(F)(F)c1cccnc1C1CN(Cc2ccccc2)CC1c1ccccc1. The average Bonchev–Trinajstić information content (AvgIpc) is 3.12. The van der Waals surface area contributed by atoms with E-state index >= 15 is 0 Å². The molecule has 0 aliphatic carbocycles. The van der Waals surface area contributed by atoms with E-state index in [2.05, 4.69) is 9.88 Å². The summed E-state index contributed by atoms with van der Waals surface area (Å²) in [5.41, 5.74) is 1.75. The van der Waals surface area contributed by atoms with Crippen molar-refractivity contribution < 1.29 is 13.2 Å². The number of nitrogens with zero attached hydrogens (tertiary/aromatic N) is 2. The number of halogens is 3. The summed E-state index contributed by atoms with van der Waals surface area (Å²) in [6.45, 7) is 1.97. The van der Waals surface area contributed by atoms with Crippen molar-refractivity contribution in [3.05, 3.63) is 101 Å². The summed E-state index contributed by atoms with van der Waals surface area (Å²) in [4.78, 5) is 6.43. The van der Waals surface area contributed by atoms with Crippen molar-refractivity contribution >= 4 is 0 Å². The molecular formula is C23H21F3N2. The monoisotopic (exact) mass is 382 g/mol. The van der Waals surface area contributed by atoms with Crippen molar-refractivity contribution in [2.45, 2.75) is 24.6 Å². The summed E-state index contributed by atoms with van der Waals surface area (Å²) in [7, 11) is 0. The number of hydrogen-bond acceptors (Lipinski definition) is 2. The normalized spacial score (nSPS) is 20.4. The second-order valence-corrected chi connectivity index (χ2v) is 7.24. The molecule has 144 valence electrons. The Kier molecular flexibility index (Phi) is 5.18. The van der Waals surface area contributed by atoms with Crippen LogP contribution in [0.4, 0.5) is 13.2 Å². The highest BCUT2D eigenvalue weighted by atomic mass is 19.4. The van der Waals surface area contributed by atoms with Gasteiger partial charge in [0.05, 0.1) is 11.3 Å². The van der Waals surface area contributed by atoms with Gasteiger partial charge in [-0.15, -0.1) is 0 Å². The van der Waals surface area contributed by atoms with Gasteiger partial charge in [0.15, 0.2) is 0 Å². The summed E-state index contributed by atoms with van der Waals surface area (Å²) in [5, 5.41) is 0. The van der Waals surface area contributed by atoms with Crippen molar-refractivity contribution in [1.29, 1.82) is 0 Å². The van der Waals surface area contributed by atoms with Gasteiger partial charge in [-0.3, -0.25) is 9.88 Å². The molecule has 3 aromatic rings. The predicted molar refractivity (Wildman–Crippen MR) is 103 cm³/mol. The molecule has 0 radical (unpaired) electrons. The molecule has 1 saturated heterocycles. The standard InChI is InChI=1S/C23H21F3N2/c24-23(25,26)21-12-7-13-27-22(21)20-16-28(14-17-8-3-1-4-9-17)15-19(20)18-10-5-2-6-11-18/h1-13,19-20H,14-16H2. The first-order chi connectivity index (χ1) is 13.5. The Labute approximate surface area is 162 Å². The third kappa shape index (κ3) is 3.94. The third-order valence-corrected chi connectivity index (χ3v) is 5.37. The molecule has 1 aliphatic heterocycles. The molecule has 2 aromatic carbocycles. The third-order valence-electron chi connectivity index (χ3n) is 5.37. The number of aromatic nitrogens is 1. The van der Waals surface area contributed by atoms with Crippen molar-refractivity contribution in [2.75, 3.05) is 13.1 Å². The van der Waals surface area contributed by atoms with Crippen LogP contribution in [-0.2, 0) is 12.7 Å². The molecule has 5 heteroatoms. The fourth-order valence-corrected chi connectivity index (χ4v) is 4.12. The fourth-order valence-electron chi connectivity index (χ4n) is 4.12. The van der Waals surface area contributed by atoms with E-state index in [4.69, 9.17) is 0 Å². The van der Waals surface area contributed by atoms with E-state index in [-0.39, 0.29) is 17.5 Å². The summed E-state index contributed by atoms with van der Waals surface area (Å²) in [6, 6.07) is 22.3. The van der Waals surface area contributed by atoms with Gasteiger partial charge in [-0.1, -0.05) is 60.7 Å². The van der Waals surface area contributed by atoms with E-state index in [9.17, 15) is 13.2 Å². The molecule has 4 rings (SSSR count). The maximum Gasteiger partial charge on any atom is 0.418 e. The molecule has 1 aliphatic rings. The molecule has 1 aromatic heterocycles. The molecule has 2 unspecified atom stereocenters. The second-order valence-electron chi connectivity index (χ2n) is 7.24. The molecule has 2 heterocycles. The van der Waals surface area contributed by atoms with E-state index in [1.54, 1.807) is 0 Å². The Hall–Kier alpha value is -2.66. The lowest BCUT2D eigenvalue weighted by molar-refractivity contribution is -0.138. The number of likely N-dealkylation sites (tertiary alicyclic amines) is 1. The van der Waals surface area contributed by atoms with Crippen LogP contribution >= 0.6 is 0 Å². The van der Waals surface area contributed by atoms with Crippen LogP contribution in [0.3, 0.4) is 0 Å². The molecular weight excluding hydrogens is 361 g/mol. The molecule has 28 heavy (non-hydrogen) atoms. The Morgan fingerprint density at radius 2 is 1.46 bits per heavy atom. The molecule has 0 saturated carbocycles. The van der Waals surface area contributed by atoms with Gasteiger partial charge in [0.25, 0.3) is 0 Å². The Balaban J connectivity index is 1.69. The zero-order valence-corrected chi connectivity index (χ0v) is 15.3. The van der Waals surface area contributed by atoms with Gasteiger partial charge in [-0.05, 0) is 23.3 Å². The first kappa shape index (κ1) is 18.7. The highest BCUT2D eigenvalue weighted by Crippen LogP contribution is 2.43. The summed E-state index contributed by atoms with van der Waals surface area (Å²) in [6.07, 6.45) is -2.94. The van der Waals surface area contributed by atoms with Gasteiger partial charge in [0, 0.05) is 37.7 Å². The van der Waals surface area contributed by atoms with E-state index < -0.39 is 11.7 Å². The second kappa shape index (κ2) is 7.76. The van der Waals surface area contributed by atoms with Gasteiger partial charge in [0.2, 0.25) is 0 Å². The minimum Gasteiger partial charge on any atom is -0.298 e. The average molecular weight is 382 g/mol. The lowest BCUT2D eigenvalue weighted by atomic mass is 9.85. The number of rotatable bonds is 4. The van der Waals surface area contributed by atoms with Crippen LogP contribution in [0.1, 0.15) is 34.2 Å². The van der Waals surface area contributed by atoms with Crippen LogP contribution in [0.25, 0.3) is 0 Å². The Morgan fingerprint density at radius 1 is 0.821 bits per heavy atom. The lowest BCUT2D eigenvalue weighted by Crippen LogP contribution is -2.21. The van der Waals surface area contributed by atoms with Crippen LogP contribution in [0, 0.1) is 0 Å². The fraction of sp³-hybridized carbons (Fsp3) is 0.261. The molecule has 1 fully saturated rings. The number of pyridine rings is 1. The summed E-state index contributed by atoms with van der Waals surface area (Å²) >= 11 is 0. The molecule has 0 amide bonds. The van der Waals surface area contributed by atoms with Crippen molar-refractivity contribution in [1.82, 2.24) is 9.88 Å². The van der Waals surface area contributed by atoms with Gasteiger partial charge in [-0.25, -0.2) is 0 Å². The molecule has 0 bridgehead atoms. The van der Waals surface area contributed by atoms with Crippen LogP contribution in [-0.4, -0.2) is 23.0 Å². The maximum absolute atomic E-state index is 13.6. The molecule has 0 spiro atoms. The smallest absolute Gasteiger partial charge is 0.298 e. The van der Waals surface area contributed by atoms with Crippen molar-refractivity contribution in [3.63, 3.8) is 0 Å².